The van der Waals surface area contributed by atoms with Crippen LogP contribution in [-0.2, 0) is 11.3 Å². The number of hydrogen-bond donors (Lipinski definition) is 0. The van der Waals surface area contributed by atoms with Crippen LogP contribution >= 0.6 is 15.9 Å². The van der Waals surface area contributed by atoms with Crippen LogP contribution in [0.5, 0.6) is 17.2 Å². The Balaban J connectivity index is 2.19. The lowest BCUT2D eigenvalue weighted by atomic mass is 10.1. The maximum Gasteiger partial charge on any atom is 0.342 e. The highest BCUT2D eigenvalue weighted by Crippen LogP contribution is 2.33. The monoisotopic (exact) mass is 394 g/mol. The van der Waals surface area contributed by atoms with Crippen LogP contribution in [0.25, 0.3) is 0 Å². The molecule has 6 heteroatoms. The summed E-state index contributed by atoms with van der Waals surface area (Å²) in [6.07, 6.45) is 0. The minimum absolute atomic E-state index is 0.0941. The normalized spacial score (nSPS) is 10.2. The SMILES string of the molecule is COc1cc(Br)c(COC(=O)c2cc(C)ccc2OC)cc1OC. The number of methoxy groups -OCH3 is 3. The number of carbonyl (C=O) groups excluding carboxylic acids is 1. The van der Waals surface area contributed by atoms with Crippen molar-refractivity contribution in [3.8, 4) is 17.2 Å². The first-order chi connectivity index (χ1) is 11.5. The van der Waals surface area contributed by atoms with Gasteiger partial charge in [0.1, 0.15) is 17.9 Å². The molecule has 0 atom stereocenters. The van der Waals surface area contributed by atoms with Crippen LogP contribution < -0.4 is 14.2 Å². The summed E-state index contributed by atoms with van der Waals surface area (Å²) in [7, 11) is 4.64. The number of halogens is 1. The van der Waals surface area contributed by atoms with Gasteiger partial charge >= 0.3 is 5.97 Å². The van der Waals surface area contributed by atoms with E-state index in [0.29, 0.717) is 22.8 Å². The van der Waals surface area contributed by atoms with Crippen LogP contribution in [0.15, 0.2) is 34.8 Å². The Hall–Kier alpha value is -2.21. The molecule has 0 radical (unpaired) electrons. The Morgan fingerprint density at radius 1 is 0.958 bits per heavy atom. The molecule has 0 heterocycles. The first-order valence-corrected chi connectivity index (χ1v) is 8.01. The Bertz CT molecular complexity index is 742. The highest BCUT2D eigenvalue weighted by molar-refractivity contribution is 9.10. The zero-order valence-corrected chi connectivity index (χ0v) is 15.6. The molecule has 2 rings (SSSR count). The van der Waals surface area contributed by atoms with Gasteiger partial charge in [0.25, 0.3) is 0 Å². The summed E-state index contributed by atoms with van der Waals surface area (Å²) in [5.74, 6) is 1.20. The summed E-state index contributed by atoms with van der Waals surface area (Å²) < 4.78 is 21.9. The van der Waals surface area contributed by atoms with E-state index in [1.54, 1.807) is 38.5 Å². The van der Waals surface area contributed by atoms with E-state index < -0.39 is 5.97 Å². The van der Waals surface area contributed by atoms with Gasteiger partial charge in [-0.3, -0.25) is 0 Å². The fourth-order valence-corrected chi connectivity index (χ4v) is 2.65. The first kappa shape index (κ1) is 18.1. The van der Waals surface area contributed by atoms with E-state index >= 15 is 0 Å². The molecule has 2 aromatic carbocycles. The zero-order valence-electron chi connectivity index (χ0n) is 14.0. The molecule has 0 aliphatic carbocycles. The topological polar surface area (TPSA) is 54.0 Å². The minimum Gasteiger partial charge on any atom is -0.496 e. The number of carbonyl (C=O) groups is 1. The molecule has 0 aliphatic rings. The lowest BCUT2D eigenvalue weighted by Gasteiger charge is -2.13. The van der Waals surface area contributed by atoms with E-state index in [4.69, 9.17) is 18.9 Å². The fraction of sp³-hybridized carbons (Fsp3) is 0.278. The highest BCUT2D eigenvalue weighted by Gasteiger charge is 2.16. The molecule has 128 valence electrons. The maximum atomic E-state index is 12.4. The Labute approximate surface area is 149 Å². The van der Waals surface area contributed by atoms with Crippen molar-refractivity contribution in [2.75, 3.05) is 21.3 Å². The number of hydrogen-bond acceptors (Lipinski definition) is 5. The van der Waals surface area contributed by atoms with Gasteiger partial charge in [-0.1, -0.05) is 27.6 Å². The molecule has 0 saturated heterocycles. The molecule has 0 N–H and O–H groups in total. The van der Waals surface area contributed by atoms with Gasteiger partial charge in [0.15, 0.2) is 11.5 Å². The number of esters is 1. The van der Waals surface area contributed by atoms with Gasteiger partial charge in [-0.05, 0) is 31.2 Å². The summed E-state index contributed by atoms with van der Waals surface area (Å²) in [6.45, 7) is 2.00. The van der Waals surface area contributed by atoms with E-state index in [-0.39, 0.29) is 6.61 Å². The Morgan fingerprint density at radius 2 is 1.58 bits per heavy atom. The predicted octanol–water partition coefficient (Wildman–Crippen LogP) is 4.14. The van der Waals surface area contributed by atoms with Crippen LogP contribution in [0.3, 0.4) is 0 Å². The molecular formula is C18H19BrO5. The van der Waals surface area contributed by atoms with Crippen LogP contribution in [0.1, 0.15) is 21.5 Å². The van der Waals surface area contributed by atoms with E-state index in [2.05, 4.69) is 15.9 Å². The smallest absolute Gasteiger partial charge is 0.342 e. The second-order valence-corrected chi connectivity index (χ2v) is 5.93. The zero-order chi connectivity index (χ0) is 17.7. The van der Waals surface area contributed by atoms with Crippen molar-refractivity contribution in [2.24, 2.45) is 0 Å². The molecule has 0 unspecified atom stereocenters. The van der Waals surface area contributed by atoms with Gasteiger partial charge in [0.2, 0.25) is 0 Å². The maximum absolute atomic E-state index is 12.4. The highest BCUT2D eigenvalue weighted by atomic mass is 79.9. The molecule has 0 amide bonds. The first-order valence-electron chi connectivity index (χ1n) is 7.22. The van der Waals surface area contributed by atoms with Crippen molar-refractivity contribution < 1.29 is 23.7 Å². The van der Waals surface area contributed by atoms with E-state index in [1.807, 2.05) is 13.0 Å². The van der Waals surface area contributed by atoms with Crippen molar-refractivity contribution in [2.45, 2.75) is 13.5 Å². The average Bonchev–Trinajstić information content (AvgIpc) is 2.59. The molecule has 5 nitrogen and oxygen atoms in total. The van der Waals surface area contributed by atoms with Crippen LogP contribution in [0.2, 0.25) is 0 Å². The standard InChI is InChI=1S/C18H19BrO5/c1-11-5-6-15(21-2)13(7-11)18(20)24-10-12-8-16(22-3)17(23-4)9-14(12)19/h5-9H,10H2,1-4H3. The average molecular weight is 395 g/mol. The van der Waals surface area contributed by atoms with Crippen LogP contribution in [0.4, 0.5) is 0 Å². The Kier molecular flexibility index (Phi) is 6.09. The molecule has 0 aliphatic heterocycles. The summed E-state index contributed by atoms with van der Waals surface area (Å²) in [5.41, 5.74) is 2.12. The summed E-state index contributed by atoms with van der Waals surface area (Å²) in [5, 5.41) is 0. The number of rotatable bonds is 6. The minimum atomic E-state index is -0.447. The van der Waals surface area contributed by atoms with Gasteiger partial charge in [0, 0.05) is 10.0 Å². The van der Waals surface area contributed by atoms with Gasteiger partial charge < -0.3 is 18.9 Å². The summed E-state index contributed by atoms with van der Waals surface area (Å²) in [4.78, 5) is 12.4. The molecule has 0 fully saturated rings. The number of aryl methyl sites for hydroxylation is 1. The van der Waals surface area contributed by atoms with E-state index in [1.165, 1.54) is 7.11 Å². The predicted molar refractivity (Wildman–Crippen MR) is 94.1 cm³/mol. The lowest BCUT2D eigenvalue weighted by Crippen LogP contribution is -2.08. The van der Waals surface area contributed by atoms with Gasteiger partial charge in [-0.15, -0.1) is 0 Å². The van der Waals surface area contributed by atoms with Crippen molar-refractivity contribution in [3.63, 3.8) is 0 Å². The summed E-state index contributed by atoms with van der Waals surface area (Å²) in [6, 6.07) is 8.91. The van der Waals surface area contributed by atoms with Crippen molar-refractivity contribution in [1.82, 2.24) is 0 Å². The lowest BCUT2D eigenvalue weighted by molar-refractivity contribution is 0.0468. The molecule has 2 aromatic rings. The molecular weight excluding hydrogens is 376 g/mol. The van der Waals surface area contributed by atoms with E-state index in [0.717, 1.165) is 15.6 Å². The largest absolute Gasteiger partial charge is 0.496 e. The van der Waals surface area contributed by atoms with Crippen molar-refractivity contribution in [1.29, 1.82) is 0 Å². The fourth-order valence-electron chi connectivity index (χ4n) is 2.21. The van der Waals surface area contributed by atoms with Gasteiger partial charge in [-0.25, -0.2) is 4.79 Å². The second kappa shape index (κ2) is 8.06. The molecule has 0 aromatic heterocycles. The summed E-state index contributed by atoms with van der Waals surface area (Å²) >= 11 is 3.45. The number of benzene rings is 2. The second-order valence-electron chi connectivity index (χ2n) is 5.08. The molecule has 0 bridgehead atoms. The van der Waals surface area contributed by atoms with Crippen LogP contribution in [-0.4, -0.2) is 27.3 Å². The van der Waals surface area contributed by atoms with Gasteiger partial charge in [0.05, 0.1) is 21.3 Å². The third-order valence-electron chi connectivity index (χ3n) is 3.49. The third kappa shape index (κ3) is 4.00. The van der Waals surface area contributed by atoms with E-state index in [9.17, 15) is 4.79 Å². The van der Waals surface area contributed by atoms with Crippen LogP contribution in [0, 0.1) is 6.92 Å². The third-order valence-corrected chi connectivity index (χ3v) is 4.22. The molecule has 0 spiro atoms. The van der Waals surface area contributed by atoms with Gasteiger partial charge in [-0.2, -0.15) is 0 Å². The molecule has 24 heavy (non-hydrogen) atoms. The number of ether oxygens (including phenoxy) is 4. The quantitative estimate of drug-likeness (QED) is 0.689. The van der Waals surface area contributed by atoms with Crippen molar-refractivity contribution in [3.05, 3.63) is 51.5 Å². The Morgan fingerprint density at radius 3 is 2.21 bits per heavy atom. The molecule has 0 saturated carbocycles. The van der Waals surface area contributed by atoms with Crippen molar-refractivity contribution >= 4 is 21.9 Å².